The number of hydrogen-bond acceptors (Lipinski definition) is 3. The lowest BCUT2D eigenvalue weighted by Gasteiger charge is -2.44. The predicted molar refractivity (Wildman–Crippen MR) is 79.0 cm³/mol. The van der Waals surface area contributed by atoms with E-state index in [4.69, 9.17) is 0 Å². The number of nitro groups is 1. The van der Waals surface area contributed by atoms with Crippen LogP contribution < -0.4 is 0 Å². The number of nitrogens with zero attached hydrogens (tertiary/aromatic N) is 2. The van der Waals surface area contributed by atoms with E-state index in [1.54, 1.807) is 12.1 Å². The number of amides is 1. The van der Waals surface area contributed by atoms with Gasteiger partial charge in [-0.2, -0.15) is 0 Å². The maximum absolute atomic E-state index is 12.1. The lowest BCUT2D eigenvalue weighted by molar-refractivity contribution is -0.384. The lowest BCUT2D eigenvalue weighted by atomic mass is 9.75. The van der Waals surface area contributed by atoms with Crippen LogP contribution in [0.3, 0.4) is 0 Å². The fraction of sp³-hybridized carbons (Fsp3) is 0.562. The van der Waals surface area contributed by atoms with E-state index in [9.17, 15) is 14.9 Å². The van der Waals surface area contributed by atoms with Crippen LogP contribution in [0.2, 0.25) is 0 Å². The summed E-state index contributed by atoms with van der Waals surface area (Å²) in [7, 11) is 0. The van der Waals surface area contributed by atoms with Crippen LogP contribution in [0.1, 0.15) is 37.3 Å². The van der Waals surface area contributed by atoms with Crippen LogP contribution in [0.5, 0.6) is 0 Å². The second kappa shape index (κ2) is 5.47. The first-order valence-electron chi connectivity index (χ1n) is 7.65. The molecule has 2 aliphatic rings. The van der Waals surface area contributed by atoms with E-state index in [1.165, 1.54) is 0 Å². The van der Waals surface area contributed by atoms with Crippen LogP contribution in [0, 0.1) is 16.0 Å². The standard InChI is InChI=1S/C16H20N2O3/c1-2-16(19)17-7-3-4-12-8-13-9-14(18(20)21)6-5-11(13)10-15(12)17/h5-6,9,12,15H,2-4,7-8,10H2,1H3/t12-,15-/m0/s1. The van der Waals surface area contributed by atoms with Gasteiger partial charge in [0.15, 0.2) is 0 Å². The Balaban J connectivity index is 1.89. The SMILES string of the molecule is CCC(=O)N1CCC[C@H]2Cc3cc([N+](=O)[O-])ccc3C[C@@H]21. The summed E-state index contributed by atoms with van der Waals surface area (Å²) in [6, 6.07) is 5.44. The Morgan fingerprint density at radius 3 is 2.90 bits per heavy atom. The van der Waals surface area contributed by atoms with Gasteiger partial charge in [-0.1, -0.05) is 13.0 Å². The first-order chi connectivity index (χ1) is 10.1. The van der Waals surface area contributed by atoms with Gasteiger partial charge in [0.25, 0.3) is 5.69 Å². The van der Waals surface area contributed by atoms with E-state index >= 15 is 0 Å². The summed E-state index contributed by atoms with van der Waals surface area (Å²) in [6.07, 6.45) is 4.40. The summed E-state index contributed by atoms with van der Waals surface area (Å²) in [5.74, 6) is 0.679. The molecule has 1 aromatic rings. The first kappa shape index (κ1) is 14.0. The Hall–Kier alpha value is -1.91. The maximum Gasteiger partial charge on any atom is 0.269 e. The van der Waals surface area contributed by atoms with E-state index in [-0.39, 0.29) is 22.6 Å². The highest BCUT2D eigenvalue weighted by Crippen LogP contribution is 2.36. The van der Waals surface area contributed by atoms with Gasteiger partial charge >= 0.3 is 0 Å². The van der Waals surface area contributed by atoms with Crippen molar-refractivity contribution in [2.75, 3.05) is 6.54 Å². The van der Waals surface area contributed by atoms with E-state index in [0.29, 0.717) is 12.3 Å². The van der Waals surface area contributed by atoms with E-state index in [0.717, 1.165) is 43.4 Å². The van der Waals surface area contributed by atoms with Gasteiger partial charge in [0, 0.05) is 31.1 Å². The van der Waals surface area contributed by atoms with Crippen molar-refractivity contribution in [2.24, 2.45) is 5.92 Å². The highest BCUT2D eigenvalue weighted by Gasteiger charge is 2.37. The monoisotopic (exact) mass is 288 g/mol. The minimum atomic E-state index is -0.333. The molecule has 1 aromatic carbocycles. The van der Waals surface area contributed by atoms with Crippen molar-refractivity contribution >= 4 is 11.6 Å². The third kappa shape index (κ3) is 2.52. The summed E-state index contributed by atoms with van der Waals surface area (Å²) in [5.41, 5.74) is 2.43. The van der Waals surface area contributed by atoms with Crippen molar-refractivity contribution in [3.8, 4) is 0 Å². The number of carbonyl (C=O) groups is 1. The second-order valence-electron chi connectivity index (χ2n) is 6.03. The molecule has 1 aliphatic heterocycles. The highest BCUT2D eigenvalue weighted by molar-refractivity contribution is 5.76. The number of piperidine rings is 1. The van der Waals surface area contributed by atoms with Crippen molar-refractivity contribution in [3.05, 3.63) is 39.4 Å². The van der Waals surface area contributed by atoms with Crippen molar-refractivity contribution in [1.29, 1.82) is 0 Å². The number of benzene rings is 1. The van der Waals surface area contributed by atoms with Crippen LogP contribution in [0.15, 0.2) is 18.2 Å². The minimum Gasteiger partial charge on any atom is -0.339 e. The topological polar surface area (TPSA) is 63.5 Å². The first-order valence-corrected chi connectivity index (χ1v) is 7.65. The van der Waals surface area contributed by atoms with Crippen LogP contribution in [-0.2, 0) is 17.6 Å². The third-order valence-corrected chi connectivity index (χ3v) is 4.85. The molecule has 0 saturated carbocycles. The van der Waals surface area contributed by atoms with Crippen molar-refractivity contribution in [2.45, 2.75) is 45.1 Å². The van der Waals surface area contributed by atoms with Crippen molar-refractivity contribution < 1.29 is 9.72 Å². The van der Waals surface area contributed by atoms with E-state index < -0.39 is 0 Å². The molecule has 0 unspecified atom stereocenters. The summed E-state index contributed by atoms with van der Waals surface area (Å²) in [5, 5.41) is 10.9. The maximum atomic E-state index is 12.1. The Labute approximate surface area is 124 Å². The number of hydrogen-bond donors (Lipinski definition) is 0. The molecule has 1 heterocycles. The number of carbonyl (C=O) groups excluding carboxylic acids is 1. The van der Waals surface area contributed by atoms with E-state index in [2.05, 4.69) is 0 Å². The van der Waals surface area contributed by atoms with Crippen molar-refractivity contribution in [1.82, 2.24) is 4.90 Å². The molecule has 1 aliphatic carbocycles. The number of nitro benzene ring substituents is 1. The summed E-state index contributed by atoms with van der Waals surface area (Å²) < 4.78 is 0. The largest absolute Gasteiger partial charge is 0.339 e. The Bertz CT molecular complexity index is 585. The number of non-ortho nitro benzene ring substituents is 1. The molecule has 0 spiro atoms. The van der Waals surface area contributed by atoms with E-state index in [1.807, 2.05) is 17.9 Å². The third-order valence-electron chi connectivity index (χ3n) is 4.85. The molecular weight excluding hydrogens is 268 g/mol. The zero-order valence-electron chi connectivity index (χ0n) is 12.2. The van der Waals surface area contributed by atoms with Gasteiger partial charge in [0.1, 0.15) is 0 Å². The zero-order chi connectivity index (χ0) is 15.0. The molecule has 3 rings (SSSR count). The van der Waals surface area contributed by atoms with Gasteiger partial charge in [-0.25, -0.2) is 0 Å². The summed E-state index contributed by atoms with van der Waals surface area (Å²) in [6.45, 7) is 2.77. The zero-order valence-corrected chi connectivity index (χ0v) is 12.2. The molecule has 0 radical (unpaired) electrons. The van der Waals surface area contributed by atoms with Gasteiger partial charge in [-0.05, 0) is 42.7 Å². The quantitative estimate of drug-likeness (QED) is 0.621. The summed E-state index contributed by atoms with van der Waals surface area (Å²) >= 11 is 0. The van der Waals surface area contributed by atoms with Gasteiger partial charge in [-0.15, -0.1) is 0 Å². The molecule has 0 N–H and O–H groups in total. The molecule has 0 aromatic heterocycles. The minimum absolute atomic E-state index is 0.171. The fourth-order valence-corrected chi connectivity index (χ4v) is 3.79. The lowest BCUT2D eigenvalue weighted by Crippen LogP contribution is -2.51. The Morgan fingerprint density at radius 1 is 1.38 bits per heavy atom. The number of likely N-dealkylation sites (tertiary alicyclic amines) is 1. The average Bonchev–Trinajstić information content (AvgIpc) is 2.50. The normalized spacial score (nSPS) is 24.1. The molecule has 112 valence electrons. The molecule has 1 amide bonds. The Morgan fingerprint density at radius 2 is 2.19 bits per heavy atom. The van der Waals surface area contributed by atoms with Gasteiger partial charge in [-0.3, -0.25) is 14.9 Å². The molecular formula is C16H20N2O3. The van der Waals surface area contributed by atoms with Gasteiger partial charge in [0.2, 0.25) is 5.91 Å². The van der Waals surface area contributed by atoms with Crippen molar-refractivity contribution in [3.63, 3.8) is 0 Å². The van der Waals surface area contributed by atoms with Crippen LogP contribution >= 0.6 is 0 Å². The molecule has 5 heteroatoms. The predicted octanol–water partition coefficient (Wildman–Crippen LogP) is 2.71. The molecule has 1 fully saturated rings. The smallest absolute Gasteiger partial charge is 0.269 e. The van der Waals surface area contributed by atoms with Gasteiger partial charge in [0.05, 0.1) is 4.92 Å². The molecule has 2 atom stereocenters. The fourth-order valence-electron chi connectivity index (χ4n) is 3.79. The van der Waals surface area contributed by atoms with Gasteiger partial charge < -0.3 is 4.90 Å². The number of rotatable bonds is 2. The average molecular weight is 288 g/mol. The highest BCUT2D eigenvalue weighted by atomic mass is 16.6. The molecule has 5 nitrogen and oxygen atoms in total. The van der Waals surface area contributed by atoms with Crippen LogP contribution in [0.4, 0.5) is 5.69 Å². The van der Waals surface area contributed by atoms with Crippen LogP contribution in [0.25, 0.3) is 0 Å². The molecule has 21 heavy (non-hydrogen) atoms. The molecule has 1 saturated heterocycles. The van der Waals surface area contributed by atoms with Crippen LogP contribution in [-0.4, -0.2) is 28.3 Å². The second-order valence-corrected chi connectivity index (χ2v) is 6.03. The summed E-state index contributed by atoms with van der Waals surface area (Å²) in [4.78, 5) is 24.7. The Kier molecular flexibility index (Phi) is 3.66. The molecule has 0 bridgehead atoms. The number of fused-ring (bicyclic) bond motifs is 2.